The fourth-order valence-corrected chi connectivity index (χ4v) is 2.16. The molecule has 15 heavy (non-hydrogen) atoms. The molecule has 1 amide bonds. The number of ether oxygens (including phenoxy) is 1. The zero-order valence-electron chi connectivity index (χ0n) is 8.64. The van der Waals surface area contributed by atoms with Crippen LogP contribution in [0.5, 0.6) is 0 Å². The summed E-state index contributed by atoms with van der Waals surface area (Å²) >= 11 is 0. The van der Waals surface area contributed by atoms with Crippen molar-refractivity contribution in [2.75, 3.05) is 11.4 Å². The lowest BCUT2D eigenvalue weighted by molar-refractivity contribution is -0.169. The van der Waals surface area contributed by atoms with Crippen molar-refractivity contribution in [3.05, 3.63) is 29.8 Å². The molecule has 0 N–H and O–H groups in total. The maximum atomic E-state index is 11.8. The van der Waals surface area contributed by atoms with E-state index in [4.69, 9.17) is 4.74 Å². The van der Waals surface area contributed by atoms with E-state index in [0.29, 0.717) is 6.54 Å². The molecular weight excluding hydrogens is 190 g/mol. The van der Waals surface area contributed by atoms with E-state index in [0.717, 1.165) is 12.1 Å². The van der Waals surface area contributed by atoms with Crippen LogP contribution < -0.4 is 4.90 Å². The fraction of sp³-hybridized carbons (Fsp3) is 0.417. The van der Waals surface area contributed by atoms with Crippen LogP contribution in [0, 0.1) is 6.92 Å². The van der Waals surface area contributed by atoms with Crippen LogP contribution in [0.15, 0.2) is 24.3 Å². The summed E-state index contributed by atoms with van der Waals surface area (Å²) < 4.78 is 5.37. The van der Waals surface area contributed by atoms with Crippen LogP contribution in [-0.4, -0.2) is 24.7 Å². The van der Waals surface area contributed by atoms with Crippen LogP contribution >= 0.6 is 0 Å². The predicted octanol–water partition coefficient (Wildman–Crippen LogP) is 1.50. The second kappa shape index (κ2) is 3.07. The molecule has 0 aliphatic carbocycles. The van der Waals surface area contributed by atoms with Crippen molar-refractivity contribution in [3.8, 4) is 0 Å². The highest BCUT2D eigenvalue weighted by molar-refractivity contribution is 5.98. The minimum Gasteiger partial charge on any atom is -0.363 e. The van der Waals surface area contributed by atoms with E-state index < -0.39 is 0 Å². The van der Waals surface area contributed by atoms with Crippen molar-refractivity contribution in [3.63, 3.8) is 0 Å². The van der Waals surface area contributed by atoms with Gasteiger partial charge in [0, 0.05) is 12.1 Å². The van der Waals surface area contributed by atoms with Crippen LogP contribution in [0.3, 0.4) is 0 Å². The number of carbonyl (C=O) groups excluding carboxylic acids is 1. The lowest BCUT2D eigenvalue weighted by Gasteiger charge is -2.45. The largest absolute Gasteiger partial charge is 0.363 e. The molecule has 1 aromatic carbocycles. The standard InChI is InChI=1S/C12H13NO2/c1-8-2-4-9(5-3-8)13-7-10-6-11(15-10)12(13)14/h2-5,10-11H,6-7H2,1H3. The Morgan fingerprint density at radius 2 is 2.00 bits per heavy atom. The second-order valence-corrected chi connectivity index (χ2v) is 4.27. The van der Waals surface area contributed by atoms with Gasteiger partial charge in [-0.15, -0.1) is 0 Å². The van der Waals surface area contributed by atoms with Gasteiger partial charge < -0.3 is 9.64 Å². The topological polar surface area (TPSA) is 29.5 Å². The molecule has 4 rings (SSSR count). The zero-order chi connectivity index (χ0) is 10.4. The number of carbonyl (C=O) groups is 1. The maximum absolute atomic E-state index is 11.8. The number of aryl methyl sites for hydroxylation is 1. The Hall–Kier alpha value is -1.35. The first-order valence-electron chi connectivity index (χ1n) is 5.27. The highest BCUT2D eigenvalue weighted by atomic mass is 16.5. The van der Waals surface area contributed by atoms with Crippen LogP contribution in [0.4, 0.5) is 5.69 Å². The molecule has 2 unspecified atom stereocenters. The molecule has 3 fully saturated rings. The number of benzene rings is 1. The van der Waals surface area contributed by atoms with Crippen molar-refractivity contribution in [1.82, 2.24) is 0 Å². The Labute approximate surface area is 88.6 Å². The third-order valence-corrected chi connectivity index (χ3v) is 3.11. The van der Waals surface area contributed by atoms with Gasteiger partial charge in [-0.2, -0.15) is 0 Å². The third kappa shape index (κ3) is 1.35. The molecule has 3 nitrogen and oxygen atoms in total. The number of hydrogen-bond acceptors (Lipinski definition) is 2. The minimum absolute atomic E-state index is 0.112. The molecule has 0 aromatic heterocycles. The molecule has 3 heteroatoms. The Kier molecular flexibility index (Phi) is 1.83. The molecule has 3 saturated heterocycles. The summed E-state index contributed by atoms with van der Waals surface area (Å²) in [6, 6.07) is 8.06. The summed E-state index contributed by atoms with van der Waals surface area (Å²) in [7, 11) is 0. The normalized spacial score (nSPS) is 28.9. The number of piperidine rings is 1. The number of amides is 1. The molecule has 3 heterocycles. The average Bonchev–Trinajstić information content (AvgIpc) is 2.18. The van der Waals surface area contributed by atoms with Crippen LogP contribution in [0.2, 0.25) is 0 Å². The first kappa shape index (κ1) is 8.92. The van der Waals surface area contributed by atoms with Gasteiger partial charge in [0.05, 0.1) is 12.6 Å². The molecule has 2 bridgehead atoms. The number of nitrogens with zero attached hydrogens (tertiary/aromatic N) is 1. The van der Waals surface area contributed by atoms with Gasteiger partial charge >= 0.3 is 0 Å². The van der Waals surface area contributed by atoms with E-state index in [2.05, 4.69) is 0 Å². The molecule has 2 atom stereocenters. The number of fused-ring (bicyclic) bond motifs is 2. The third-order valence-electron chi connectivity index (χ3n) is 3.11. The molecule has 0 saturated carbocycles. The Morgan fingerprint density at radius 1 is 1.33 bits per heavy atom. The molecule has 78 valence electrons. The van der Waals surface area contributed by atoms with Crippen molar-refractivity contribution >= 4 is 11.6 Å². The Balaban J connectivity index is 1.88. The lowest BCUT2D eigenvalue weighted by atomic mass is 9.97. The fourth-order valence-electron chi connectivity index (χ4n) is 2.16. The van der Waals surface area contributed by atoms with Crippen LogP contribution in [0.25, 0.3) is 0 Å². The first-order valence-corrected chi connectivity index (χ1v) is 5.27. The van der Waals surface area contributed by atoms with Crippen molar-refractivity contribution in [1.29, 1.82) is 0 Å². The van der Waals surface area contributed by atoms with E-state index in [1.54, 1.807) is 0 Å². The van der Waals surface area contributed by atoms with E-state index in [-0.39, 0.29) is 18.1 Å². The maximum Gasteiger partial charge on any atom is 0.256 e. The minimum atomic E-state index is -0.176. The van der Waals surface area contributed by atoms with Gasteiger partial charge in [0.2, 0.25) is 0 Å². The molecule has 3 aliphatic rings. The Bertz CT molecular complexity index is 393. The number of anilines is 1. The van der Waals surface area contributed by atoms with Crippen molar-refractivity contribution in [2.45, 2.75) is 25.6 Å². The molecule has 3 aliphatic heterocycles. The van der Waals surface area contributed by atoms with Crippen LogP contribution in [0.1, 0.15) is 12.0 Å². The van der Waals surface area contributed by atoms with Gasteiger partial charge in [-0.05, 0) is 19.1 Å². The summed E-state index contributed by atoms with van der Waals surface area (Å²) in [5.41, 5.74) is 2.20. The number of rotatable bonds is 1. The van der Waals surface area contributed by atoms with Crippen molar-refractivity contribution in [2.24, 2.45) is 0 Å². The van der Waals surface area contributed by atoms with E-state index in [9.17, 15) is 4.79 Å². The zero-order valence-corrected chi connectivity index (χ0v) is 8.64. The molecule has 0 spiro atoms. The monoisotopic (exact) mass is 203 g/mol. The molecule has 0 radical (unpaired) electrons. The average molecular weight is 203 g/mol. The van der Waals surface area contributed by atoms with E-state index >= 15 is 0 Å². The van der Waals surface area contributed by atoms with E-state index in [1.165, 1.54) is 5.56 Å². The summed E-state index contributed by atoms with van der Waals surface area (Å²) in [5, 5.41) is 0. The van der Waals surface area contributed by atoms with Gasteiger partial charge in [0.1, 0.15) is 6.10 Å². The van der Waals surface area contributed by atoms with Gasteiger partial charge in [0.25, 0.3) is 5.91 Å². The molecule has 1 aromatic rings. The molecular formula is C12H13NO2. The lowest BCUT2D eigenvalue weighted by Crippen LogP contribution is -2.61. The van der Waals surface area contributed by atoms with Gasteiger partial charge in [-0.1, -0.05) is 17.7 Å². The highest BCUT2D eigenvalue weighted by Crippen LogP contribution is 2.32. The SMILES string of the molecule is Cc1ccc(N2CC3CC(O3)C2=O)cc1. The summed E-state index contributed by atoms with van der Waals surface area (Å²) in [6.45, 7) is 2.75. The van der Waals surface area contributed by atoms with E-state index in [1.807, 2.05) is 36.1 Å². The quantitative estimate of drug-likeness (QED) is 0.692. The Morgan fingerprint density at radius 3 is 2.60 bits per heavy atom. The van der Waals surface area contributed by atoms with Gasteiger partial charge in [-0.3, -0.25) is 4.79 Å². The predicted molar refractivity (Wildman–Crippen MR) is 56.8 cm³/mol. The number of hydrogen-bond donors (Lipinski definition) is 0. The number of morpholine rings is 1. The first-order chi connectivity index (χ1) is 7.24. The second-order valence-electron chi connectivity index (χ2n) is 4.27. The summed E-state index contributed by atoms with van der Waals surface area (Å²) in [5.74, 6) is 0.112. The highest BCUT2D eigenvalue weighted by Gasteiger charge is 2.45. The van der Waals surface area contributed by atoms with Crippen LogP contribution in [-0.2, 0) is 9.53 Å². The van der Waals surface area contributed by atoms with Gasteiger partial charge in [-0.25, -0.2) is 0 Å². The smallest absolute Gasteiger partial charge is 0.256 e. The van der Waals surface area contributed by atoms with Crippen molar-refractivity contribution < 1.29 is 9.53 Å². The summed E-state index contributed by atoms with van der Waals surface area (Å²) in [6.07, 6.45) is 0.986. The van der Waals surface area contributed by atoms with Gasteiger partial charge in [0.15, 0.2) is 0 Å². The summed E-state index contributed by atoms with van der Waals surface area (Å²) in [4.78, 5) is 13.7.